The number of aryl methyl sites for hydroxylation is 2. The van der Waals surface area contributed by atoms with Crippen LogP contribution < -0.4 is 10.9 Å². The number of aromatic amines is 1. The van der Waals surface area contributed by atoms with Crippen molar-refractivity contribution in [1.29, 1.82) is 0 Å². The van der Waals surface area contributed by atoms with E-state index in [0.717, 1.165) is 46.5 Å². The Hall–Kier alpha value is -1.88. The van der Waals surface area contributed by atoms with Crippen molar-refractivity contribution in [3.63, 3.8) is 0 Å². The summed E-state index contributed by atoms with van der Waals surface area (Å²) in [5.41, 5.74) is 4.02. The Morgan fingerprint density at radius 3 is 2.63 bits per heavy atom. The van der Waals surface area contributed by atoms with Gasteiger partial charge in [-0.3, -0.25) is 4.79 Å². The molecule has 0 saturated heterocycles. The molecule has 1 aromatic carbocycles. The van der Waals surface area contributed by atoms with Crippen LogP contribution in [0.5, 0.6) is 0 Å². The van der Waals surface area contributed by atoms with E-state index in [2.05, 4.69) is 48.1 Å². The van der Waals surface area contributed by atoms with Gasteiger partial charge in [-0.25, -0.2) is 0 Å². The first kappa shape index (κ1) is 19.9. The Balaban J connectivity index is 1.91. The van der Waals surface area contributed by atoms with E-state index in [0.29, 0.717) is 18.5 Å². The summed E-state index contributed by atoms with van der Waals surface area (Å²) in [4.78, 5) is 18.1. The molecule has 5 heteroatoms. The average molecular weight is 386 g/mol. The molecule has 4 nitrogen and oxygen atoms in total. The number of thiocarbonyl (C=S) groups is 1. The highest BCUT2D eigenvalue weighted by Crippen LogP contribution is 2.25. The van der Waals surface area contributed by atoms with Crippen LogP contribution in [0.2, 0.25) is 0 Å². The fourth-order valence-electron chi connectivity index (χ4n) is 4.01. The van der Waals surface area contributed by atoms with Gasteiger partial charge in [0.15, 0.2) is 5.11 Å². The normalized spacial score (nSPS) is 14.9. The van der Waals surface area contributed by atoms with E-state index >= 15 is 0 Å². The Morgan fingerprint density at radius 1 is 1.26 bits per heavy atom. The predicted octanol–water partition coefficient (Wildman–Crippen LogP) is 4.42. The first-order valence-corrected chi connectivity index (χ1v) is 10.4. The lowest BCUT2D eigenvalue weighted by Crippen LogP contribution is -2.46. The lowest BCUT2D eigenvalue weighted by molar-refractivity contribution is 0.301. The van der Waals surface area contributed by atoms with E-state index in [1.807, 2.05) is 13.0 Å². The van der Waals surface area contributed by atoms with E-state index in [4.69, 9.17) is 12.2 Å². The van der Waals surface area contributed by atoms with Crippen molar-refractivity contribution in [1.82, 2.24) is 15.2 Å². The zero-order chi connectivity index (χ0) is 19.6. The molecule has 1 aromatic heterocycles. The van der Waals surface area contributed by atoms with Crippen LogP contribution in [0.25, 0.3) is 10.9 Å². The molecule has 1 heterocycles. The maximum absolute atomic E-state index is 12.8. The number of benzene rings is 1. The number of hydrogen-bond donors (Lipinski definition) is 2. The molecule has 146 valence electrons. The van der Waals surface area contributed by atoms with Crippen LogP contribution in [0.4, 0.5) is 0 Å². The standard InChI is InChI=1S/C22H31N3OS/c1-14(2)12-23-22(27)25(19-7-5-6-8-19)13-18-11-17-10-15(3)9-16(4)20(17)24-21(18)26/h9-11,14,19H,5-8,12-13H2,1-4H3,(H,23,27)(H,24,26). The summed E-state index contributed by atoms with van der Waals surface area (Å²) in [6.45, 7) is 9.90. The van der Waals surface area contributed by atoms with Crippen molar-refractivity contribution in [2.24, 2.45) is 5.92 Å². The average Bonchev–Trinajstić information content (AvgIpc) is 3.12. The molecule has 0 spiro atoms. The SMILES string of the molecule is Cc1cc(C)c2[nH]c(=O)c(CN(C(=S)NCC(C)C)C3CCCC3)cc2c1. The van der Waals surface area contributed by atoms with Gasteiger partial charge in [0.2, 0.25) is 0 Å². The van der Waals surface area contributed by atoms with Gasteiger partial charge in [0.25, 0.3) is 5.56 Å². The molecule has 2 N–H and O–H groups in total. The van der Waals surface area contributed by atoms with Gasteiger partial charge < -0.3 is 15.2 Å². The van der Waals surface area contributed by atoms with Crippen LogP contribution in [0.1, 0.15) is 56.2 Å². The zero-order valence-electron chi connectivity index (χ0n) is 16.9. The minimum Gasteiger partial charge on any atom is -0.362 e. The molecule has 1 fully saturated rings. The van der Waals surface area contributed by atoms with Gasteiger partial charge in [-0.15, -0.1) is 0 Å². The van der Waals surface area contributed by atoms with Gasteiger partial charge in [0, 0.05) is 18.2 Å². The van der Waals surface area contributed by atoms with Crippen LogP contribution in [-0.2, 0) is 6.54 Å². The maximum Gasteiger partial charge on any atom is 0.253 e. The van der Waals surface area contributed by atoms with Gasteiger partial charge >= 0.3 is 0 Å². The zero-order valence-corrected chi connectivity index (χ0v) is 17.7. The lowest BCUT2D eigenvalue weighted by atomic mass is 10.0. The van der Waals surface area contributed by atoms with E-state index < -0.39 is 0 Å². The third-order valence-corrected chi connectivity index (χ3v) is 5.78. The topological polar surface area (TPSA) is 48.1 Å². The van der Waals surface area contributed by atoms with E-state index in [-0.39, 0.29) is 5.56 Å². The minimum atomic E-state index is -0.0101. The van der Waals surface area contributed by atoms with Gasteiger partial charge in [-0.1, -0.05) is 38.3 Å². The minimum absolute atomic E-state index is 0.0101. The highest BCUT2D eigenvalue weighted by atomic mass is 32.1. The van der Waals surface area contributed by atoms with Crippen LogP contribution in [0.3, 0.4) is 0 Å². The fourth-order valence-corrected chi connectivity index (χ4v) is 4.31. The molecule has 2 aromatic rings. The van der Waals surface area contributed by atoms with E-state index in [9.17, 15) is 4.79 Å². The van der Waals surface area contributed by atoms with Gasteiger partial charge in [0.05, 0.1) is 12.1 Å². The Kier molecular flexibility index (Phi) is 6.20. The summed E-state index contributed by atoms with van der Waals surface area (Å²) < 4.78 is 0. The van der Waals surface area contributed by atoms with Gasteiger partial charge in [0.1, 0.15) is 0 Å². The summed E-state index contributed by atoms with van der Waals surface area (Å²) in [5.74, 6) is 0.531. The van der Waals surface area contributed by atoms with Crippen LogP contribution in [-0.4, -0.2) is 27.6 Å². The number of rotatable bonds is 5. The predicted molar refractivity (Wildman–Crippen MR) is 117 cm³/mol. The largest absolute Gasteiger partial charge is 0.362 e. The van der Waals surface area contributed by atoms with Gasteiger partial charge in [-0.2, -0.15) is 0 Å². The number of aromatic nitrogens is 1. The summed E-state index contributed by atoms with van der Waals surface area (Å²) in [5, 5.41) is 5.27. The third-order valence-electron chi connectivity index (χ3n) is 5.40. The molecule has 1 saturated carbocycles. The third kappa shape index (κ3) is 4.70. The second-order valence-electron chi connectivity index (χ2n) is 8.32. The van der Waals surface area contributed by atoms with Crippen LogP contribution >= 0.6 is 12.2 Å². The molecular formula is C22H31N3OS. The molecular weight excluding hydrogens is 354 g/mol. The Bertz CT molecular complexity index is 881. The number of hydrogen-bond acceptors (Lipinski definition) is 2. The van der Waals surface area contributed by atoms with Crippen molar-refractivity contribution in [2.75, 3.05) is 6.54 Å². The molecule has 27 heavy (non-hydrogen) atoms. The first-order valence-electron chi connectivity index (χ1n) is 10.0. The monoisotopic (exact) mass is 385 g/mol. The highest BCUT2D eigenvalue weighted by Gasteiger charge is 2.25. The molecule has 0 unspecified atom stereocenters. The van der Waals surface area contributed by atoms with E-state index in [1.165, 1.54) is 18.4 Å². The number of pyridine rings is 1. The van der Waals surface area contributed by atoms with Crippen molar-refractivity contribution >= 4 is 28.2 Å². The summed E-state index contributed by atoms with van der Waals surface area (Å²) in [6.07, 6.45) is 4.77. The Morgan fingerprint density at radius 2 is 1.96 bits per heavy atom. The van der Waals surface area contributed by atoms with Crippen molar-refractivity contribution in [3.05, 3.63) is 45.2 Å². The molecule has 0 radical (unpaired) electrons. The number of H-pyrrole nitrogens is 1. The summed E-state index contributed by atoms with van der Waals surface area (Å²) >= 11 is 5.71. The first-order chi connectivity index (χ1) is 12.8. The summed E-state index contributed by atoms with van der Waals surface area (Å²) in [6, 6.07) is 6.71. The molecule has 0 amide bonds. The molecule has 0 aliphatic heterocycles. The molecule has 1 aliphatic rings. The van der Waals surface area contributed by atoms with Crippen molar-refractivity contribution in [2.45, 2.75) is 66.0 Å². The van der Waals surface area contributed by atoms with Gasteiger partial charge in [-0.05, 0) is 67.9 Å². The second kappa shape index (κ2) is 8.42. The Labute approximate surface area is 167 Å². The van der Waals surface area contributed by atoms with Crippen molar-refractivity contribution < 1.29 is 0 Å². The number of nitrogens with zero attached hydrogens (tertiary/aromatic N) is 1. The molecule has 3 rings (SSSR count). The fraction of sp³-hybridized carbons (Fsp3) is 0.545. The number of nitrogens with one attached hydrogen (secondary N) is 2. The summed E-state index contributed by atoms with van der Waals surface area (Å²) in [7, 11) is 0. The maximum atomic E-state index is 12.8. The number of fused-ring (bicyclic) bond motifs is 1. The quantitative estimate of drug-likeness (QED) is 0.748. The van der Waals surface area contributed by atoms with Crippen LogP contribution in [0, 0.1) is 19.8 Å². The lowest BCUT2D eigenvalue weighted by Gasteiger charge is -2.32. The molecule has 0 bridgehead atoms. The van der Waals surface area contributed by atoms with E-state index in [1.54, 1.807) is 0 Å². The molecule has 0 atom stereocenters. The van der Waals surface area contributed by atoms with Crippen LogP contribution in [0.15, 0.2) is 23.0 Å². The highest BCUT2D eigenvalue weighted by molar-refractivity contribution is 7.80. The molecule has 1 aliphatic carbocycles. The second-order valence-corrected chi connectivity index (χ2v) is 8.70. The smallest absolute Gasteiger partial charge is 0.253 e. The van der Waals surface area contributed by atoms with Crippen molar-refractivity contribution in [3.8, 4) is 0 Å².